The summed E-state index contributed by atoms with van der Waals surface area (Å²) in [6.45, 7) is 3.09. The number of rotatable bonds is 7. The zero-order valence-electron chi connectivity index (χ0n) is 10.0. The first-order valence-electron chi connectivity index (χ1n) is 4.88. The van der Waals surface area contributed by atoms with Gasteiger partial charge in [-0.3, -0.25) is 9.59 Å². The van der Waals surface area contributed by atoms with Gasteiger partial charge in [0.2, 0.25) is 10.0 Å². The van der Waals surface area contributed by atoms with E-state index in [0.717, 1.165) is 7.11 Å². The van der Waals surface area contributed by atoms with E-state index in [1.54, 1.807) is 13.8 Å². The van der Waals surface area contributed by atoms with Gasteiger partial charge in [0.05, 0.1) is 7.11 Å². The number of hydrogen-bond acceptors (Lipinski definition) is 5. The van der Waals surface area contributed by atoms with E-state index in [0.29, 0.717) is 0 Å². The first-order chi connectivity index (χ1) is 7.58. The molecular formula is C9H17NO6S. The number of hydrogen-bond donors (Lipinski definition) is 2. The van der Waals surface area contributed by atoms with Crippen LogP contribution >= 0.6 is 0 Å². The first-order valence-corrected chi connectivity index (χ1v) is 6.53. The van der Waals surface area contributed by atoms with Crippen molar-refractivity contribution in [2.24, 2.45) is 0 Å². The predicted molar refractivity (Wildman–Crippen MR) is 59.9 cm³/mol. The number of carboxylic acid groups (broad SMARTS) is 1. The lowest BCUT2D eigenvalue weighted by molar-refractivity contribution is -0.138. The first kappa shape index (κ1) is 15.9. The van der Waals surface area contributed by atoms with Crippen molar-refractivity contribution in [3.63, 3.8) is 0 Å². The van der Waals surface area contributed by atoms with Gasteiger partial charge in [0, 0.05) is 12.0 Å². The van der Waals surface area contributed by atoms with Crippen LogP contribution in [0.2, 0.25) is 0 Å². The molecule has 0 rings (SSSR count). The Morgan fingerprint density at radius 3 is 2.29 bits per heavy atom. The van der Waals surface area contributed by atoms with Gasteiger partial charge in [0.25, 0.3) is 0 Å². The normalized spacial score (nSPS) is 12.2. The number of ether oxygens (including phenoxy) is 1. The average Bonchev–Trinajstić information content (AvgIpc) is 2.12. The Hall–Kier alpha value is -1.15. The Morgan fingerprint density at radius 1 is 1.35 bits per heavy atom. The summed E-state index contributed by atoms with van der Waals surface area (Å²) in [4.78, 5) is 21.2. The molecule has 0 atom stereocenters. The molecule has 0 spiro atoms. The second kappa shape index (κ2) is 5.97. The molecule has 0 fully saturated rings. The van der Waals surface area contributed by atoms with E-state index < -0.39 is 33.3 Å². The zero-order valence-corrected chi connectivity index (χ0v) is 10.8. The van der Waals surface area contributed by atoms with Gasteiger partial charge in [-0.15, -0.1) is 0 Å². The van der Waals surface area contributed by atoms with Crippen molar-refractivity contribution in [3.05, 3.63) is 0 Å². The number of aliphatic carboxylic acids is 1. The lowest BCUT2D eigenvalue weighted by Gasteiger charge is -2.24. The fourth-order valence-corrected chi connectivity index (χ4v) is 2.59. The number of carboxylic acids is 1. The van der Waals surface area contributed by atoms with Crippen LogP contribution < -0.4 is 4.72 Å². The highest BCUT2D eigenvalue weighted by molar-refractivity contribution is 7.90. The third-order valence-corrected chi connectivity index (χ3v) is 3.41. The number of carbonyl (C=O) groups excluding carboxylic acids is 1. The summed E-state index contributed by atoms with van der Waals surface area (Å²) < 4.78 is 29.5. The topological polar surface area (TPSA) is 110 Å². The molecule has 0 aliphatic carbocycles. The number of esters is 1. The molecule has 0 saturated carbocycles. The summed E-state index contributed by atoms with van der Waals surface area (Å²) in [6.07, 6.45) is -0.0313. The molecule has 0 saturated heterocycles. The largest absolute Gasteiger partial charge is 0.481 e. The average molecular weight is 267 g/mol. The Bertz CT molecular complexity index is 386. The maximum atomic E-state index is 11.5. The summed E-state index contributed by atoms with van der Waals surface area (Å²) in [7, 11) is -2.73. The number of carbonyl (C=O) groups is 2. The molecule has 0 bridgehead atoms. The minimum Gasteiger partial charge on any atom is -0.481 e. The van der Waals surface area contributed by atoms with Gasteiger partial charge < -0.3 is 9.84 Å². The van der Waals surface area contributed by atoms with Gasteiger partial charge in [-0.2, -0.15) is 0 Å². The van der Waals surface area contributed by atoms with Gasteiger partial charge >= 0.3 is 11.9 Å². The highest BCUT2D eigenvalue weighted by Gasteiger charge is 2.27. The van der Waals surface area contributed by atoms with Gasteiger partial charge in [-0.1, -0.05) is 0 Å². The molecule has 0 aliphatic heterocycles. The number of sulfonamides is 1. The third kappa shape index (κ3) is 7.70. The van der Waals surface area contributed by atoms with Crippen molar-refractivity contribution < 1.29 is 27.9 Å². The molecule has 0 amide bonds. The van der Waals surface area contributed by atoms with Crippen LogP contribution in [-0.4, -0.2) is 43.9 Å². The minimum atomic E-state index is -3.82. The second-order valence-electron chi connectivity index (χ2n) is 4.21. The van der Waals surface area contributed by atoms with Crippen LogP contribution in [0.1, 0.15) is 26.7 Å². The Labute approximate surface area is 100 Å². The summed E-state index contributed by atoms with van der Waals surface area (Å²) in [5.74, 6) is -2.66. The van der Waals surface area contributed by atoms with E-state index in [9.17, 15) is 18.0 Å². The lowest BCUT2D eigenvalue weighted by atomic mass is 10.0. The van der Waals surface area contributed by atoms with Crippen LogP contribution in [0, 0.1) is 0 Å². The molecule has 0 unspecified atom stereocenters. The van der Waals surface area contributed by atoms with Crippen molar-refractivity contribution in [3.8, 4) is 0 Å². The van der Waals surface area contributed by atoms with Crippen LogP contribution in [0.4, 0.5) is 0 Å². The molecule has 100 valence electrons. The predicted octanol–water partition coefficient (Wildman–Crippen LogP) is -0.278. The highest BCUT2D eigenvalue weighted by Crippen LogP contribution is 2.12. The van der Waals surface area contributed by atoms with E-state index in [-0.39, 0.29) is 12.8 Å². The van der Waals surface area contributed by atoms with Gasteiger partial charge in [-0.25, -0.2) is 13.1 Å². The van der Waals surface area contributed by atoms with Crippen LogP contribution in [0.3, 0.4) is 0 Å². The molecule has 2 N–H and O–H groups in total. The molecule has 7 nitrogen and oxygen atoms in total. The SMILES string of the molecule is COC(=O)CS(=O)(=O)NC(C)(C)CCC(=O)O. The van der Waals surface area contributed by atoms with Gasteiger partial charge in [0.1, 0.15) is 0 Å². The molecular weight excluding hydrogens is 250 g/mol. The van der Waals surface area contributed by atoms with E-state index in [4.69, 9.17) is 5.11 Å². The standard InChI is InChI=1S/C9H17NO6S/c1-9(2,5-4-7(11)12)10-17(14,15)6-8(13)16-3/h10H,4-6H2,1-3H3,(H,11,12). The van der Waals surface area contributed by atoms with Crippen molar-refractivity contribution >= 4 is 22.0 Å². The highest BCUT2D eigenvalue weighted by atomic mass is 32.2. The molecule has 0 aromatic rings. The van der Waals surface area contributed by atoms with E-state index in [1.807, 2.05) is 0 Å². The third-order valence-electron chi connectivity index (χ3n) is 1.93. The lowest BCUT2D eigenvalue weighted by Crippen LogP contribution is -2.45. The molecule has 0 radical (unpaired) electrons. The minimum absolute atomic E-state index is 0.128. The van der Waals surface area contributed by atoms with Crippen LogP contribution in [0.15, 0.2) is 0 Å². The monoisotopic (exact) mass is 267 g/mol. The fourth-order valence-electron chi connectivity index (χ4n) is 1.14. The van der Waals surface area contributed by atoms with Crippen molar-refractivity contribution in [1.82, 2.24) is 4.72 Å². The zero-order chi connectivity index (χ0) is 13.7. The fraction of sp³-hybridized carbons (Fsp3) is 0.778. The molecule has 8 heteroatoms. The summed E-state index contributed by atoms with van der Waals surface area (Å²) in [5.41, 5.74) is -0.925. The molecule has 0 aromatic heterocycles. The second-order valence-corrected chi connectivity index (χ2v) is 5.94. The quantitative estimate of drug-likeness (QED) is 0.614. The van der Waals surface area contributed by atoms with Crippen molar-refractivity contribution in [1.29, 1.82) is 0 Å². The molecule has 17 heavy (non-hydrogen) atoms. The Kier molecular flexibility index (Phi) is 5.56. The smallest absolute Gasteiger partial charge is 0.322 e. The maximum Gasteiger partial charge on any atom is 0.322 e. The van der Waals surface area contributed by atoms with Crippen molar-refractivity contribution in [2.75, 3.05) is 12.9 Å². The Morgan fingerprint density at radius 2 is 1.88 bits per heavy atom. The van der Waals surface area contributed by atoms with Gasteiger partial charge in [-0.05, 0) is 20.3 Å². The summed E-state index contributed by atoms with van der Waals surface area (Å²) in [6, 6.07) is 0. The molecule has 0 aromatic carbocycles. The summed E-state index contributed by atoms with van der Waals surface area (Å²) in [5, 5.41) is 8.51. The number of nitrogens with one attached hydrogen (secondary N) is 1. The Balaban J connectivity index is 4.48. The van der Waals surface area contributed by atoms with Crippen molar-refractivity contribution in [2.45, 2.75) is 32.2 Å². The van der Waals surface area contributed by atoms with Crippen LogP contribution in [0.25, 0.3) is 0 Å². The molecule has 0 heterocycles. The molecule has 0 aliphatic rings. The van der Waals surface area contributed by atoms with Crippen LogP contribution in [-0.2, 0) is 24.3 Å². The van der Waals surface area contributed by atoms with E-state index in [1.165, 1.54) is 0 Å². The van der Waals surface area contributed by atoms with E-state index in [2.05, 4.69) is 9.46 Å². The number of methoxy groups -OCH3 is 1. The van der Waals surface area contributed by atoms with Crippen LogP contribution in [0.5, 0.6) is 0 Å². The van der Waals surface area contributed by atoms with Gasteiger partial charge in [0.15, 0.2) is 5.75 Å². The van der Waals surface area contributed by atoms with E-state index >= 15 is 0 Å². The maximum absolute atomic E-state index is 11.5. The summed E-state index contributed by atoms with van der Waals surface area (Å²) >= 11 is 0.